The van der Waals surface area contributed by atoms with E-state index in [1.165, 1.54) is 0 Å². The normalized spacial score (nSPS) is 15.3. The molecule has 5 nitrogen and oxygen atoms in total. The van der Waals surface area contributed by atoms with Gasteiger partial charge < -0.3 is 14.6 Å². The van der Waals surface area contributed by atoms with E-state index in [0.29, 0.717) is 26.2 Å². The molecule has 1 N–H and O–H groups in total. The van der Waals surface area contributed by atoms with Crippen molar-refractivity contribution in [2.75, 3.05) is 33.2 Å². The second-order valence-electron chi connectivity index (χ2n) is 6.88. The number of amides is 1. The van der Waals surface area contributed by atoms with Crippen molar-refractivity contribution in [3.63, 3.8) is 0 Å². The average molecular weight is 353 g/mol. The minimum Gasteiger partial charge on any atom is -0.390 e. The number of hydrogen-bond donors (Lipinski definition) is 1. The molecule has 138 valence electrons. The first-order valence-electron chi connectivity index (χ1n) is 9.04. The van der Waals surface area contributed by atoms with Gasteiger partial charge in [0, 0.05) is 44.1 Å². The predicted octanol–water partition coefficient (Wildman–Crippen LogP) is 2.30. The van der Waals surface area contributed by atoms with Gasteiger partial charge in [-0.3, -0.25) is 9.69 Å². The third kappa shape index (κ3) is 3.45. The van der Waals surface area contributed by atoms with Gasteiger partial charge in [0.25, 0.3) is 5.91 Å². The Morgan fingerprint density at radius 3 is 2.65 bits per heavy atom. The van der Waals surface area contributed by atoms with E-state index in [1.54, 1.807) is 4.90 Å². The van der Waals surface area contributed by atoms with Crippen LogP contribution in [0.2, 0.25) is 0 Å². The molecule has 3 rings (SSSR count). The lowest BCUT2D eigenvalue weighted by Gasteiger charge is -2.26. The number of likely N-dealkylation sites (N-methyl/N-ethyl adjacent to an activating group) is 1. The molecule has 1 aliphatic rings. The number of fused-ring (bicyclic) bond motifs is 3. The minimum absolute atomic E-state index is 0.0312. The Balaban J connectivity index is 1.93. The van der Waals surface area contributed by atoms with Crippen molar-refractivity contribution in [1.29, 1.82) is 0 Å². The Labute approximate surface area is 154 Å². The zero-order chi connectivity index (χ0) is 18.7. The molecule has 1 aromatic carbocycles. The number of aromatic nitrogens is 1. The molecule has 1 amide bonds. The molecule has 0 aliphatic carbocycles. The van der Waals surface area contributed by atoms with Gasteiger partial charge in [-0.1, -0.05) is 30.4 Å². The summed E-state index contributed by atoms with van der Waals surface area (Å²) >= 11 is 0. The van der Waals surface area contributed by atoms with Crippen LogP contribution in [0.5, 0.6) is 0 Å². The number of rotatable bonds is 8. The highest BCUT2D eigenvalue weighted by molar-refractivity contribution is 6.02. The summed E-state index contributed by atoms with van der Waals surface area (Å²) in [5.74, 6) is 0.0312. The summed E-state index contributed by atoms with van der Waals surface area (Å²) in [5, 5.41) is 11.8. The molecular weight excluding hydrogens is 326 g/mol. The summed E-state index contributed by atoms with van der Waals surface area (Å²) in [6.07, 6.45) is 3.90. The highest BCUT2D eigenvalue weighted by Crippen LogP contribution is 2.30. The van der Waals surface area contributed by atoms with E-state index in [4.69, 9.17) is 0 Å². The first-order valence-corrected chi connectivity index (χ1v) is 9.04. The number of nitrogens with zero attached hydrogens (tertiary/aromatic N) is 3. The summed E-state index contributed by atoms with van der Waals surface area (Å²) < 4.78 is 1.99. The molecule has 0 saturated heterocycles. The molecule has 0 radical (unpaired) electrons. The van der Waals surface area contributed by atoms with Crippen LogP contribution < -0.4 is 0 Å². The lowest BCUT2D eigenvalue weighted by Crippen LogP contribution is -2.38. The van der Waals surface area contributed by atoms with Gasteiger partial charge in [-0.2, -0.15) is 0 Å². The molecule has 0 saturated carbocycles. The van der Waals surface area contributed by atoms with Crippen molar-refractivity contribution in [2.45, 2.75) is 19.1 Å². The van der Waals surface area contributed by atoms with E-state index in [-0.39, 0.29) is 5.91 Å². The fourth-order valence-corrected chi connectivity index (χ4v) is 3.78. The number of aliphatic hydroxyl groups is 1. The SMILES string of the molecule is C=CCN(CC=C)CC(O)Cn1c2c(c3ccccc31)CCN(C)C2=O. The molecule has 1 aliphatic heterocycles. The quantitative estimate of drug-likeness (QED) is 0.741. The summed E-state index contributed by atoms with van der Waals surface area (Å²) in [6, 6.07) is 8.07. The third-order valence-electron chi connectivity index (χ3n) is 4.96. The van der Waals surface area contributed by atoms with E-state index in [9.17, 15) is 9.90 Å². The number of carbonyl (C=O) groups is 1. The van der Waals surface area contributed by atoms with Crippen LogP contribution in [0.25, 0.3) is 10.9 Å². The second-order valence-corrected chi connectivity index (χ2v) is 6.88. The Morgan fingerprint density at radius 2 is 1.96 bits per heavy atom. The Bertz CT molecular complexity index is 814. The van der Waals surface area contributed by atoms with Gasteiger partial charge in [0.05, 0.1) is 12.6 Å². The van der Waals surface area contributed by atoms with Gasteiger partial charge in [0.2, 0.25) is 0 Å². The Morgan fingerprint density at radius 1 is 1.27 bits per heavy atom. The summed E-state index contributed by atoms with van der Waals surface area (Å²) in [6.45, 7) is 10.5. The summed E-state index contributed by atoms with van der Waals surface area (Å²) in [7, 11) is 1.83. The Kier molecular flexibility index (Phi) is 5.59. The maximum atomic E-state index is 12.8. The van der Waals surface area contributed by atoms with Crippen molar-refractivity contribution in [3.05, 3.63) is 60.8 Å². The van der Waals surface area contributed by atoms with Gasteiger partial charge in [-0.05, 0) is 18.1 Å². The van der Waals surface area contributed by atoms with E-state index >= 15 is 0 Å². The van der Waals surface area contributed by atoms with Crippen LogP contribution in [0, 0.1) is 0 Å². The highest BCUT2D eigenvalue weighted by Gasteiger charge is 2.29. The minimum atomic E-state index is -0.588. The number of benzene rings is 1. The number of hydrogen-bond acceptors (Lipinski definition) is 3. The van der Waals surface area contributed by atoms with Crippen molar-refractivity contribution in [2.24, 2.45) is 0 Å². The van der Waals surface area contributed by atoms with E-state index in [0.717, 1.165) is 35.1 Å². The molecule has 5 heteroatoms. The van der Waals surface area contributed by atoms with Gasteiger partial charge in [-0.15, -0.1) is 13.2 Å². The van der Waals surface area contributed by atoms with Gasteiger partial charge in [0.1, 0.15) is 5.69 Å². The van der Waals surface area contributed by atoms with E-state index in [1.807, 2.05) is 42.0 Å². The molecule has 0 spiro atoms. The van der Waals surface area contributed by atoms with Crippen LogP contribution >= 0.6 is 0 Å². The number of carbonyl (C=O) groups excluding carboxylic acids is 1. The van der Waals surface area contributed by atoms with Crippen molar-refractivity contribution >= 4 is 16.8 Å². The predicted molar refractivity (Wildman–Crippen MR) is 105 cm³/mol. The van der Waals surface area contributed by atoms with Crippen LogP contribution in [0.3, 0.4) is 0 Å². The fraction of sp³-hybridized carbons (Fsp3) is 0.381. The molecule has 0 fully saturated rings. The molecular formula is C21H27N3O2. The molecule has 2 heterocycles. The summed E-state index contributed by atoms with van der Waals surface area (Å²) in [5.41, 5.74) is 2.84. The van der Waals surface area contributed by atoms with Crippen LogP contribution in [-0.4, -0.2) is 64.7 Å². The highest BCUT2D eigenvalue weighted by atomic mass is 16.3. The number of para-hydroxylation sites is 1. The standard InChI is InChI=1S/C21H27N3O2/c1-4-11-23(12-5-2)14-16(25)15-24-19-9-7-6-8-17(19)18-10-13-22(3)21(26)20(18)24/h4-9,16,25H,1-2,10-15H2,3H3. The zero-order valence-electron chi connectivity index (χ0n) is 15.4. The Hall–Kier alpha value is -2.37. The maximum absolute atomic E-state index is 12.8. The monoisotopic (exact) mass is 353 g/mol. The third-order valence-corrected chi connectivity index (χ3v) is 4.96. The molecule has 1 aromatic heterocycles. The maximum Gasteiger partial charge on any atom is 0.270 e. The smallest absolute Gasteiger partial charge is 0.270 e. The van der Waals surface area contributed by atoms with Gasteiger partial charge in [0.15, 0.2) is 0 Å². The topological polar surface area (TPSA) is 48.7 Å². The van der Waals surface area contributed by atoms with Crippen molar-refractivity contribution in [3.8, 4) is 0 Å². The van der Waals surface area contributed by atoms with Gasteiger partial charge in [-0.25, -0.2) is 0 Å². The average Bonchev–Trinajstić information content (AvgIpc) is 2.93. The van der Waals surface area contributed by atoms with Gasteiger partial charge >= 0.3 is 0 Å². The van der Waals surface area contributed by atoms with E-state index in [2.05, 4.69) is 24.1 Å². The van der Waals surface area contributed by atoms with E-state index < -0.39 is 6.10 Å². The lowest BCUT2D eigenvalue weighted by atomic mass is 10.0. The first-order chi connectivity index (χ1) is 12.6. The summed E-state index contributed by atoms with van der Waals surface area (Å²) in [4.78, 5) is 16.6. The van der Waals surface area contributed by atoms with Crippen LogP contribution in [-0.2, 0) is 13.0 Å². The lowest BCUT2D eigenvalue weighted by molar-refractivity contribution is 0.0757. The second kappa shape index (κ2) is 7.89. The number of aliphatic hydroxyl groups excluding tert-OH is 1. The molecule has 0 bridgehead atoms. The zero-order valence-corrected chi connectivity index (χ0v) is 15.4. The molecule has 26 heavy (non-hydrogen) atoms. The van der Waals surface area contributed by atoms with Crippen LogP contribution in [0.1, 0.15) is 16.1 Å². The van der Waals surface area contributed by atoms with Crippen LogP contribution in [0.4, 0.5) is 0 Å². The van der Waals surface area contributed by atoms with Crippen molar-refractivity contribution in [1.82, 2.24) is 14.4 Å². The first kappa shape index (κ1) is 18.4. The molecule has 1 atom stereocenters. The van der Waals surface area contributed by atoms with Crippen LogP contribution in [0.15, 0.2) is 49.6 Å². The van der Waals surface area contributed by atoms with Crippen molar-refractivity contribution < 1.29 is 9.90 Å². The molecule has 2 aromatic rings. The fourth-order valence-electron chi connectivity index (χ4n) is 3.78. The molecule has 1 unspecified atom stereocenters. The largest absolute Gasteiger partial charge is 0.390 e.